The maximum absolute atomic E-state index is 13.8. The van der Waals surface area contributed by atoms with E-state index < -0.39 is 47.2 Å². The number of hydrogen-bond donors (Lipinski definition) is 1. The van der Waals surface area contributed by atoms with Crippen LogP contribution >= 0.6 is 0 Å². The molecule has 3 saturated heterocycles. The molecule has 0 amide bonds. The predicted octanol–water partition coefficient (Wildman–Crippen LogP) is 5.09. The van der Waals surface area contributed by atoms with Crippen LogP contribution in [0.15, 0.2) is 0 Å². The van der Waals surface area contributed by atoms with E-state index in [9.17, 15) is 14.7 Å². The molecule has 3 aliphatic heterocycles. The third kappa shape index (κ3) is 7.75. The van der Waals surface area contributed by atoms with Crippen molar-refractivity contribution in [1.29, 1.82) is 0 Å². The Morgan fingerprint density at radius 1 is 0.929 bits per heavy atom. The molecule has 0 saturated carbocycles. The number of hydrogen-bond acceptors (Lipinski definition) is 9. The lowest BCUT2D eigenvalue weighted by molar-refractivity contribution is -0.294. The Kier molecular flexibility index (Phi) is 11.7. The molecular formula is C33H58O9. The van der Waals surface area contributed by atoms with E-state index >= 15 is 0 Å². The molecule has 0 radical (unpaired) electrons. The first-order valence-corrected chi connectivity index (χ1v) is 16.0. The Balaban J connectivity index is 2.18. The number of carbonyl (C=O) groups excluding carboxylic acids is 2. The molecule has 3 rings (SSSR count). The van der Waals surface area contributed by atoms with Gasteiger partial charge in [-0.1, -0.05) is 34.6 Å². The lowest BCUT2D eigenvalue weighted by Crippen LogP contribution is -2.58. The number of cyclic esters (lactones) is 1. The zero-order valence-electron chi connectivity index (χ0n) is 27.9. The first kappa shape index (κ1) is 35.4. The highest BCUT2D eigenvalue weighted by molar-refractivity contribution is 5.81. The van der Waals surface area contributed by atoms with Gasteiger partial charge in [0.25, 0.3) is 0 Å². The second-order valence-electron chi connectivity index (χ2n) is 14.6. The number of esters is 1. The molecule has 3 fully saturated rings. The molecule has 244 valence electrons. The smallest absolute Gasteiger partial charge is 0.311 e. The molecular weight excluding hydrogens is 540 g/mol. The van der Waals surface area contributed by atoms with Gasteiger partial charge in [-0.3, -0.25) is 9.59 Å². The van der Waals surface area contributed by atoms with Gasteiger partial charge in [0.1, 0.15) is 31.0 Å². The number of fused-ring (bicyclic) bond motifs is 5. The van der Waals surface area contributed by atoms with Crippen LogP contribution in [0.2, 0.25) is 0 Å². The van der Waals surface area contributed by atoms with Gasteiger partial charge in [0.15, 0.2) is 12.1 Å². The molecule has 2 bridgehead atoms. The lowest BCUT2D eigenvalue weighted by atomic mass is 9.69. The van der Waals surface area contributed by atoms with Crippen LogP contribution in [-0.2, 0) is 38.0 Å². The molecule has 9 nitrogen and oxygen atoms in total. The summed E-state index contributed by atoms with van der Waals surface area (Å²) in [5, 5.41) is 12.0. The number of carbonyl (C=O) groups is 2. The van der Waals surface area contributed by atoms with E-state index in [2.05, 4.69) is 20.8 Å². The summed E-state index contributed by atoms with van der Waals surface area (Å²) in [6, 6.07) is 0. The number of Topliss-reactive ketones (excluding diaryl/α,β-unsaturated/α-hetero) is 1. The summed E-state index contributed by atoms with van der Waals surface area (Å²) in [5.41, 5.74) is -3.31. The standard InChI is InChI=1S/C33H58O9/c1-12-26-33(10,36)28-23(6)22(5)19(2)16-32(9,39-18-24(34)17-38-28)27(20(3)15-31(7,8)30(35)41-26)42-29-25(37-11)14-13-21(4)40-29/h19-23,25-29,36H,12-18H2,1-11H3/t19-,20+,21-,22?,23+,25-,26-,27-,28-,29+,32-,33-/m1/s1. The minimum Gasteiger partial charge on any atom is -0.459 e. The summed E-state index contributed by atoms with van der Waals surface area (Å²) in [6.07, 6.45) is 0.173. The average molecular weight is 599 g/mol. The first-order chi connectivity index (χ1) is 19.5. The van der Waals surface area contributed by atoms with E-state index in [0.29, 0.717) is 19.3 Å². The lowest BCUT2D eigenvalue weighted by Gasteiger charge is -2.48. The Morgan fingerprint density at radius 2 is 1.60 bits per heavy atom. The molecule has 3 heterocycles. The van der Waals surface area contributed by atoms with E-state index in [1.807, 2.05) is 41.5 Å². The minimum atomic E-state index is -1.52. The van der Waals surface area contributed by atoms with Gasteiger partial charge in [-0.15, -0.1) is 0 Å². The van der Waals surface area contributed by atoms with E-state index in [1.165, 1.54) is 0 Å². The van der Waals surface area contributed by atoms with Gasteiger partial charge in [0, 0.05) is 7.11 Å². The van der Waals surface area contributed by atoms with Crippen LogP contribution in [0.3, 0.4) is 0 Å². The van der Waals surface area contributed by atoms with E-state index in [0.717, 1.165) is 12.8 Å². The summed E-state index contributed by atoms with van der Waals surface area (Å²) in [6.45, 7) is 19.4. The van der Waals surface area contributed by atoms with Gasteiger partial charge in [-0.05, 0) is 90.4 Å². The third-order valence-corrected chi connectivity index (χ3v) is 10.4. The zero-order chi connectivity index (χ0) is 31.6. The van der Waals surface area contributed by atoms with Crippen molar-refractivity contribution in [3.05, 3.63) is 0 Å². The maximum Gasteiger partial charge on any atom is 0.311 e. The van der Waals surface area contributed by atoms with Crippen LogP contribution in [0, 0.1) is 29.1 Å². The molecule has 0 aromatic heterocycles. The average Bonchev–Trinajstić information content (AvgIpc) is 2.92. The predicted molar refractivity (Wildman–Crippen MR) is 159 cm³/mol. The molecule has 9 heteroatoms. The molecule has 12 atom stereocenters. The number of aliphatic hydroxyl groups is 1. The highest BCUT2D eigenvalue weighted by Gasteiger charge is 2.52. The Bertz CT molecular complexity index is 919. The fraction of sp³-hybridized carbons (Fsp3) is 0.939. The normalized spacial score (nSPS) is 46.2. The Hall–Kier alpha value is -1.10. The zero-order valence-corrected chi connectivity index (χ0v) is 27.9. The van der Waals surface area contributed by atoms with Crippen molar-refractivity contribution in [2.45, 2.75) is 149 Å². The number of rotatable bonds is 4. The van der Waals surface area contributed by atoms with Gasteiger partial charge < -0.3 is 33.5 Å². The fourth-order valence-corrected chi connectivity index (χ4v) is 7.57. The van der Waals surface area contributed by atoms with Crippen molar-refractivity contribution in [1.82, 2.24) is 0 Å². The molecule has 1 unspecified atom stereocenters. The SMILES string of the molecule is CC[C@H]1OC(=O)C(C)(C)C[C@H](C)[C@@H](O[C@@H]2O[C@H](C)CC[C@H]2OC)[C@@]2(C)C[C@@H](C)C(C)[C@H](C)[C@@H](OCC(=O)CO2)[C@]1(C)O. The molecule has 0 aliphatic carbocycles. The highest BCUT2D eigenvalue weighted by Crippen LogP contribution is 2.44. The van der Waals surface area contributed by atoms with E-state index in [4.69, 9.17) is 28.4 Å². The van der Waals surface area contributed by atoms with Gasteiger partial charge >= 0.3 is 5.97 Å². The molecule has 42 heavy (non-hydrogen) atoms. The highest BCUT2D eigenvalue weighted by atomic mass is 16.7. The minimum absolute atomic E-state index is 0.0112. The Morgan fingerprint density at radius 3 is 2.21 bits per heavy atom. The van der Waals surface area contributed by atoms with Crippen LogP contribution < -0.4 is 0 Å². The van der Waals surface area contributed by atoms with Crippen LogP contribution in [0.25, 0.3) is 0 Å². The van der Waals surface area contributed by atoms with Crippen molar-refractivity contribution in [2.75, 3.05) is 20.3 Å². The van der Waals surface area contributed by atoms with E-state index in [-0.39, 0.29) is 54.9 Å². The summed E-state index contributed by atoms with van der Waals surface area (Å²) >= 11 is 0. The third-order valence-electron chi connectivity index (χ3n) is 10.4. The van der Waals surface area contributed by atoms with Crippen LogP contribution in [0.4, 0.5) is 0 Å². The molecule has 1 N–H and O–H groups in total. The van der Waals surface area contributed by atoms with Gasteiger partial charge in [0.05, 0.1) is 29.3 Å². The number of methoxy groups -OCH3 is 1. The molecule has 0 spiro atoms. The topological polar surface area (TPSA) is 110 Å². The monoisotopic (exact) mass is 598 g/mol. The maximum atomic E-state index is 13.8. The summed E-state index contributed by atoms with van der Waals surface area (Å²) in [5.74, 6) is -0.786. The quantitative estimate of drug-likeness (QED) is 0.443. The van der Waals surface area contributed by atoms with Gasteiger partial charge in [-0.25, -0.2) is 0 Å². The van der Waals surface area contributed by atoms with Crippen molar-refractivity contribution >= 4 is 11.8 Å². The second kappa shape index (κ2) is 13.9. The van der Waals surface area contributed by atoms with Crippen LogP contribution in [-0.4, -0.2) is 85.2 Å². The first-order valence-electron chi connectivity index (χ1n) is 16.0. The number of ether oxygens (including phenoxy) is 6. The van der Waals surface area contributed by atoms with E-state index in [1.54, 1.807) is 14.0 Å². The van der Waals surface area contributed by atoms with Crippen molar-refractivity contribution < 1.29 is 43.1 Å². The molecule has 0 aromatic carbocycles. The largest absolute Gasteiger partial charge is 0.459 e. The summed E-state index contributed by atoms with van der Waals surface area (Å²) < 4.78 is 37.8. The second-order valence-corrected chi connectivity index (χ2v) is 14.6. The summed E-state index contributed by atoms with van der Waals surface area (Å²) in [4.78, 5) is 27.0. The summed E-state index contributed by atoms with van der Waals surface area (Å²) in [7, 11) is 1.67. The van der Waals surface area contributed by atoms with Crippen molar-refractivity contribution in [2.24, 2.45) is 29.1 Å². The molecule has 0 aromatic rings. The van der Waals surface area contributed by atoms with Crippen LogP contribution in [0.1, 0.15) is 101 Å². The van der Waals surface area contributed by atoms with Crippen molar-refractivity contribution in [3.8, 4) is 0 Å². The van der Waals surface area contributed by atoms with Gasteiger partial charge in [0.2, 0.25) is 0 Å². The Labute approximate surface area is 253 Å². The molecule has 3 aliphatic rings. The number of ketones is 1. The van der Waals surface area contributed by atoms with Crippen LogP contribution in [0.5, 0.6) is 0 Å². The fourth-order valence-electron chi connectivity index (χ4n) is 7.57. The van der Waals surface area contributed by atoms with Crippen molar-refractivity contribution in [3.63, 3.8) is 0 Å². The van der Waals surface area contributed by atoms with Gasteiger partial charge in [-0.2, -0.15) is 0 Å².